The summed E-state index contributed by atoms with van der Waals surface area (Å²) in [4.78, 5) is 16.0. The van der Waals surface area contributed by atoms with E-state index in [1.807, 2.05) is 19.1 Å². The molecule has 1 aromatic heterocycles. The van der Waals surface area contributed by atoms with Gasteiger partial charge in [0.15, 0.2) is 0 Å². The maximum atomic E-state index is 12.0. The second-order valence-electron chi connectivity index (χ2n) is 5.07. The standard InChI is InChI=1S/C14H20N2O2/c1-10-4-3-7-15-13(10)14(18)16-9-11-5-2-6-12(17)8-11/h3-4,7,11-12,17H,2,5-6,8-9H2,1H3,(H,16,18). The van der Waals surface area contributed by atoms with E-state index in [1.165, 1.54) is 0 Å². The van der Waals surface area contributed by atoms with Crippen LogP contribution in [0.2, 0.25) is 0 Å². The van der Waals surface area contributed by atoms with E-state index >= 15 is 0 Å². The summed E-state index contributed by atoms with van der Waals surface area (Å²) in [5, 5.41) is 12.5. The third-order valence-electron chi connectivity index (χ3n) is 3.53. The molecule has 1 heterocycles. The van der Waals surface area contributed by atoms with Crippen LogP contribution in [0, 0.1) is 12.8 Å². The van der Waals surface area contributed by atoms with Crippen LogP contribution in [0.15, 0.2) is 18.3 Å². The summed E-state index contributed by atoms with van der Waals surface area (Å²) >= 11 is 0. The monoisotopic (exact) mass is 248 g/mol. The van der Waals surface area contributed by atoms with E-state index in [0.29, 0.717) is 18.2 Å². The number of amides is 1. The number of rotatable bonds is 3. The first-order valence-corrected chi connectivity index (χ1v) is 6.54. The fourth-order valence-electron chi connectivity index (χ4n) is 2.49. The van der Waals surface area contributed by atoms with Crippen molar-refractivity contribution in [1.29, 1.82) is 0 Å². The zero-order valence-corrected chi connectivity index (χ0v) is 10.7. The van der Waals surface area contributed by atoms with Crippen molar-refractivity contribution in [2.45, 2.75) is 38.7 Å². The van der Waals surface area contributed by atoms with Gasteiger partial charge < -0.3 is 10.4 Å². The van der Waals surface area contributed by atoms with Gasteiger partial charge in [-0.05, 0) is 43.7 Å². The summed E-state index contributed by atoms with van der Waals surface area (Å²) < 4.78 is 0. The molecular formula is C14H20N2O2. The smallest absolute Gasteiger partial charge is 0.270 e. The first-order valence-electron chi connectivity index (χ1n) is 6.54. The molecule has 1 aliphatic carbocycles. The fraction of sp³-hybridized carbons (Fsp3) is 0.571. The Hall–Kier alpha value is -1.42. The Morgan fingerprint density at radius 3 is 3.11 bits per heavy atom. The van der Waals surface area contributed by atoms with Crippen molar-refractivity contribution in [3.63, 3.8) is 0 Å². The van der Waals surface area contributed by atoms with E-state index in [-0.39, 0.29) is 12.0 Å². The van der Waals surface area contributed by atoms with Gasteiger partial charge >= 0.3 is 0 Å². The number of hydrogen-bond donors (Lipinski definition) is 2. The van der Waals surface area contributed by atoms with Crippen LogP contribution in [-0.4, -0.2) is 28.6 Å². The van der Waals surface area contributed by atoms with Crippen molar-refractivity contribution in [3.05, 3.63) is 29.6 Å². The highest BCUT2D eigenvalue weighted by Gasteiger charge is 2.21. The van der Waals surface area contributed by atoms with Crippen LogP contribution >= 0.6 is 0 Å². The highest BCUT2D eigenvalue weighted by Crippen LogP contribution is 2.23. The molecule has 2 unspecified atom stereocenters. The summed E-state index contributed by atoms with van der Waals surface area (Å²) in [6.07, 6.45) is 5.25. The minimum atomic E-state index is -0.197. The summed E-state index contributed by atoms with van der Waals surface area (Å²) in [5.74, 6) is 0.273. The lowest BCUT2D eigenvalue weighted by molar-refractivity contribution is 0.0870. The van der Waals surface area contributed by atoms with Crippen LogP contribution in [0.5, 0.6) is 0 Å². The van der Waals surface area contributed by atoms with Gasteiger partial charge in [-0.25, -0.2) is 0 Å². The minimum Gasteiger partial charge on any atom is -0.393 e. The highest BCUT2D eigenvalue weighted by atomic mass is 16.3. The van der Waals surface area contributed by atoms with Crippen molar-refractivity contribution in [1.82, 2.24) is 10.3 Å². The largest absolute Gasteiger partial charge is 0.393 e. The normalized spacial score (nSPS) is 23.7. The number of carbonyl (C=O) groups excluding carboxylic acids is 1. The molecule has 1 aliphatic rings. The zero-order chi connectivity index (χ0) is 13.0. The Morgan fingerprint density at radius 1 is 1.56 bits per heavy atom. The van der Waals surface area contributed by atoms with E-state index in [4.69, 9.17) is 0 Å². The van der Waals surface area contributed by atoms with Crippen molar-refractivity contribution in [3.8, 4) is 0 Å². The van der Waals surface area contributed by atoms with E-state index in [1.54, 1.807) is 6.20 Å². The highest BCUT2D eigenvalue weighted by molar-refractivity contribution is 5.93. The van der Waals surface area contributed by atoms with Gasteiger partial charge in [0.25, 0.3) is 5.91 Å². The Kier molecular flexibility index (Phi) is 4.31. The average molecular weight is 248 g/mol. The van der Waals surface area contributed by atoms with Crippen molar-refractivity contribution >= 4 is 5.91 Å². The predicted molar refractivity (Wildman–Crippen MR) is 69.3 cm³/mol. The van der Waals surface area contributed by atoms with Crippen LogP contribution in [0.3, 0.4) is 0 Å². The maximum absolute atomic E-state index is 12.0. The molecule has 2 rings (SSSR count). The van der Waals surface area contributed by atoms with E-state index in [2.05, 4.69) is 10.3 Å². The molecule has 1 fully saturated rings. The lowest BCUT2D eigenvalue weighted by atomic mass is 9.87. The first kappa shape index (κ1) is 13.0. The Morgan fingerprint density at radius 2 is 2.39 bits per heavy atom. The first-order chi connectivity index (χ1) is 8.66. The molecule has 98 valence electrons. The number of pyridine rings is 1. The lowest BCUT2D eigenvalue weighted by Gasteiger charge is -2.25. The molecule has 0 aliphatic heterocycles. The number of hydrogen-bond acceptors (Lipinski definition) is 3. The summed E-state index contributed by atoms with van der Waals surface area (Å²) in [6.45, 7) is 2.51. The molecule has 0 radical (unpaired) electrons. The molecule has 1 aromatic rings. The van der Waals surface area contributed by atoms with Gasteiger partial charge in [-0.2, -0.15) is 0 Å². The molecule has 0 aromatic carbocycles. The van der Waals surface area contributed by atoms with E-state index < -0.39 is 0 Å². The number of aliphatic hydroxyl groups excluding tert-OH is 1. The third-order valence-corrected chi connectivity index (χ3v) is 3.53. The second kappa shape index (κ2) is 5.96. The van der Waals surface area contributed by atoms with Crippen LogP contribution in [-0.2, 0) is 0 Å². The van der Waals surface area contributed by atoms with Crippen LogP contribution in [0.4, 0.5) is 0 Å². The molecular weight excluding hydrogens is 228 g/mol. The quantitative estimate of drug-likeness (QED) is 0.855. The summed E-state index contributed by atoms with van der Waals surface area (Å²) in [5.41, 5.74) is 1.38. The van der Waals surface area contributed by atoms with Gasteiger partial charge in [-0.15, -0.1) is 0 Å². The Balaban J connectivity index is 1.87. The van der Waals surface area contributed by atoms with Gasteiger partial charge in [0.05, 0.1) is 6.10 Å². The van der Waals surface area contributed by atoms with Crippen molar-refractivity contribution < 1.29 is 9.90 Å². The zero-order valence-electron chi connectivity index (χ0n) is 10.7. The third kappa shape index (κ3) is 3.29. The Bertz CT molecular complexity index is 420. The number of aryl methyl sites for hydroxylation is 1. The molecule has 18 heavy (non-hydrogen) atoms. The molecule has 4 heteroatoms. The maximum Gasteiger partial charge on any atom is 0.270 e. The summed E-state index contributed by atoms with van der Waals surface area (Å²) in [7, 11) is 0. The van der Waals surface area contributed by atoms with Gasteiger partial charge in [0.2, 0.25) is 0 Å². The van der Waals surface area contributed by atoms with E-state index in [9.17, 15) is 9.90 Å². The number of aromatic nitrogens is 1. The number of nitrogens with one attached hydrogen (secondary N) is 1. The Labute approximate surface area is 107 Å². The molecule has 0 saturated heterocycles. The van der Waals surface area contributed by atoms with E-state index in [0.717, 1.165) is 31.2 Å². The van der Waals surface area contributed by atoms with Gasteiger partial charge in [0, 0.05) is 12.7 Å². The minimum absolute atomic E-state index is 0.117. The lowest BCUT2D eigenvalue weighted by Crippen LogP contribution is -2.33. The van der Waals surface area contributed by atoms with Gasteiger partial charge in [-0.1, -0.05) is 12.5 Å². The fourth-order valence-corrected chi connectivity index (χ4v) is 2.49. The number of aliphatic hydroxyl groups is 1. The second-order valence-corrected chi connectivity index (χ2v) is 5.07. The number of carbonyl (C=O) groups is 1. The van der Waals surface area contributed by atoms with Crippen LogP contribution in [0.25, 0.3) is 0 Å². The van der Waals surface area contributed by atoms with Crippen molar-refractivity contribution in [2.24, 2.45) is 5.92 Å². The molecule has 2 N–H and O–H groups in total. The molecule has 0 bridgehead atoms. The van der Waals surface area contributed by atoms with Crippen LogP contribution in [0.1, 0.15) is 41.7 Å². The molecule has 1 amide bonds. The van der Waals surface area contributed by atoms with Gasteiger partial charge in [-0.3, -0.25) is 9.78 Å². The van der Waals surface area contributed by atoms with Gasteiger partial charge in [0.1, 0.15) is 5.69 Å². The van der Waals surface area contributed by atoms with Crippen LogP contribution < -0.4 is 5.32 Å². The predicted octanol–water partition coefficient (Wildman–Crippen LogP) is 1.67. The van der Waals surface area contributed by atoms with Crippen molar-refractivity contribution in [2.75, 3.05) is 6.54 Å². The molecule has 1 saturated carbocycles. The number of nitrogens with zero attached hydrogens (tertiary/aromatic N) is 1. The SMILES string of the molecule is Cc1cccnc1C(=O)NCC1CCCC(O)C1. The molecule has 4 nitrogen and oxygen atoms in total. The average Bonchev–Trinajstić information content (AvgIpc) is 2.37. The summed E-state index contributed by atoms with van der Waals surface area (Å²) in [6, 6.07) is 3.70. The topological polar surface area (TPSA) is 62.2 Å². The molecule has 2 atom stereocenters. The molecule has 0 spiro atoms.